The van der Waals surface area contributed by atoms with Crippen LogP contribution >= 0.6 is 0 Å². The van der Waals surface area contributed by atoms with Gasteiger partial charge in [-0.2, -0.15) is 0 Å². The zero-order valence-electron chi connectivity index (χ0n) is 26.1. The van der Waals surface area contributed by atoms with Crippen molar-refractivity contribution >= 4 is 23.1 Å². The maximum absolute atomic E-state index is 11.1. The molecule has 1 aliphatic rings. The van der Waals surface area contributed by atoms with Crippen LogP contribution in [-0.2, 0) is 4.74 Å². The summed E-state index contributed by atoms with van der Waals surface area (Å²) in [7, 11) is 5.34. The summed E-state index contributed by atoms with van der Waals surface area (Å²) in [5.41, 5.74) is 0.656. The molecule has 0 radical (unpaired) electrons. The third kappa shape index (κ3) is 6.24. The number of aliphatic hydroxyl groups is 4. The second kappa shape index (κ2) is 13.9. The molecule has 1 aromatic heterocycles. The zero-order valence-corrected chi connectivity index (χ0v) is 26.1. The molecule has 0 aliphatic carbocycles. The first kappa shape index (κ1) is 34.2. The monoisotopic (exact) mass is 671 g/mol. The van der Waals surface area contributed by atoms with E-state index in [-0.39, 0.29) is 73.9 Å². The standard InChI is InChI=1S/C33H34O15/c1-42-20-7-14(8-21(43-2)26(20)37)5-6-17-25-18(36)11-16(35)12-19(25)46-31(15-9-22(44-3)27(38)23(10-15)45-4)32(17)48-33-30(41)29(40)28(39)24(13-34)47-33/h5-12,24,28-30,33-34,39-41H,13H2,1-4H3,(H3-,35,36,37,38)/p+1/b6-5+/t24-,28-,29+,30-,33+/m1/s1. The summed E-state index contributed by atoms with van der Waals surface area (Å²) in [5, 5.41) is 84.0. The van der Waals surface area contributed by atoms with Gasteiger partial charge in [0.2, 0.25) is 23.5 Å². The molecule has 2 heterocycles. The number of aliphatic hydroxyl groups excluding tert-OH is 4. The molecule has 1 aliphatic heterocycles. The zero-order chi connectivity index (χ0) is 34.9. The average molecular weight is 672 g/mol. The Kier molecular flexibility index (Phi) is 9.88. The third-order valence-corrected chi connectivity index (χ3v) is 7.77. The van der Waals surface area contributed by atoms with E-state index >= 15 is 0 Å². The molecule has 0 amide bonds. The van der Waals surface area contributed by atoms with Crippen LogP contribution in [0.15, 0.2) is 40.8 Å². The molecule has 48 heavy (non-hydrogen) atoms. The SMILES string of the molecule is COc1cc(/C=C/c2c(O[C@@H]3O[C@H](CO)[C@@H](O)[C@H](O)[C@H]3O)c(-c3cc(OC)c(O)c(OC)c3)[o+]c3cc(O)cc(O)c23)cc(OC)c1O. The van der Waals surface area contributed by atoms with Crippen LogP contribution in [0.5, 0.6) is 51.7 Å². The van der Waals surface area contributed by atoms with E-state index < -0.39 is 43.1 Å². The molecular weight excluding hydrogens is 636 g/mol. The summed E-state index contributed by atoms with van der Waals surface area (Å²) in [6, 6.07) is 8.07. The molecule has 8 N–H and O–H groups in total. The van der Waals surface area contributed by atoms with Crippen LogP contribution in [0.3, 0.4) is 0 Å². The molecule has 5 rings (SSSR count). The van der Waals surface area contributed by atoms with E-state index in [1.165, 1.54) is 64.8 Å². The van der Waals surface area contributed by atoms with Crippen molar-refractivity contribution in [3.05, 3.63) is 47.5 Å². The van der Waals surface area contributed by atoms with Gasteiger partial charge in [0.1, 0.15) is 41.3 Å². The van der Waals surface area contributed by atoms with E-state index in [9.17, 15) is 40.9 Å². The van der Waals surface area contributed by atoms with Gasteiger partial charge in [0.05, 0.1) is 46.7 Å². The smallest absolute Gasteiger partial charge is 0.403 e. The lowest BCUT2D eigenvalue weighted by Crippen LogP contribution is -2.60. The molecule has 15 heteroatoms. The molecule has 0 unspecified atom stereocenters. The second-order valence-electron chi connectivity index (χ2n) is 10.7. The average Bonchev–Trinajstić information content (AvgIpc) is 3.08. The van der Waals surface area contributed by atoms with E-state index in [1.54, 1.807) is 6.08 Å². The number of fused-ring (bicyclic) bond motifs is 1. The van der Waals surface area contributed by atoms with Crippen LogP contribution in [0, 0.1) is 0 Å². The van der Waals surface area contributed by atoms with Crippen molar-refractivity contribution in [1.82, 2.24) is 0 Å². The Morgan fingerprint density at radius 2 is 1.29 bits per heavy atom. The van der Waals surface area contributed by atoms with Gasteiger partial charge in [0, 0.05) is 23.8 Å². The quantitative estimate of drug-likeness (QED) is 0.113. The highest BCUT2D eigenvalue weighted by Gasteiger charge is 2.46. The maximum atomic E-state index is 11.1. The molecule has 1 saturated heterocycles. The van der Waals surface area contributed by atoms with E-state index in [0.29, 0.717) is 5.56 Å². The third-order valence-electron chi connectivity index (χ3n) is 7.77. The Balaban J connectivity index is 1.83. The molecule has 256 valence electrons. The summed E-state index contributed by atoms with van der Waals surface area (Å²) in [5.74, 6) is -1.56. The summed E-state index contributed by atoms with van der Waals surface area (Å²) >= 11 is 0. The lowest BCUT2D eigenvalue weighted by Gasteiger charge is -2.39. The van der Waals surface area contributed by atoms with Crippen molar-refractivity contribution < 1.29 is 73.7 Å². The van der Waals surface area contributed by atoms with E-state index in [2.05, 4.69) is 0 Å². The van der Waals surface area contributed by atoms with Gasteiger partial charge in [-0.3, -0.25) is 0 Å². The van der Waals surface area contributed by atoms with Gasteiger partial charge in [-0.25, -0.2) is 4.42 Å². The Labute approximate surface area is 273 Å². The minimum absolute atomic E-state index is 0.0165. The van der Waals surface area contributed by atoms with Crippen molar-refractivity contribution in [2.24, 2.45) is 0 Å². The van der Waals surface area contributed by atoms with Gasteiger partial charge in [0.25, 0.3) is 0 Å². The first-order valence-corrected chi connectivity index (χ1v) is 14.4. The Morgan fingerprint density at radius 1 is 0.729 bits per heavy atom. The lowest BCUT2D eigenvalue weighted by atomic mass is 9.98. The Hall–Kier alpha value is -5.19. The van der Waals surface area contributed by atoms with Gasteiger partial charge in [-0.1, -0.05) is 6.08 Å². The number of hydrogen-bond acceptors (Lipinski definition) is 14. The highest BCUT2D eigenvalue weighted by Crippen LogP contribution is 2.48. The molecule has 5 atom stereocenters. The highest BCUT2D eigenvalue weighted by atomic mass is 16.7. The predicted molar refractivity (Wildman–Crippen MR) is 169 cm³/mol. The molecule has 0 spiro atoms. The summed E-state index contributed by atoms with van der Waals surface area (Å²) in [6.45, 7) is -0.733. The fraction of sp³-hybridized carbons (Fsp3) is 0.303. The highest BCUT2D eigenvalue weighted by molar-refractivity contribution is 5.99. The van der Waals surface area contributed by atoms with Crippen LogP contribution in [-0.4, -0.2) is 107 Å². The number of phenolic OH excluding ortho intramolecular Hbond substituents is 4. The minimum Gasteiger partial charge on any atom is -0.507 e. The van der Waals surface area contributed by atoms with Crippen LogP contribution in [0.4, 0.5) is 0 Å². The molecular formula is C33H35O15+. The fourth-order valence-electron chi connectivity index (χ4n) is 5.29. The van der Waals surface area contributed by atoms with Crippen LogP contribution in [0.2, 0.25) is 0 Å². The van der Waals surface area contributed by atoms with Crippen LogP contribution < -0.4 is 23.7 Å². The summed E-state index contributed by atoms with van der Waals surface area (Å²) in [4.78, 5) is 0. The fourth-order valence-corrected chi connectivity index (χ4v) is 5.29. The number of phenols is 4. The summed E-state index contributed by atoms with van der Waals surface area (Å²) < 4.78 is 39.2. The molecule has 4 aromatic rings. The molecule has 15 nitrogen and oxygen atoms in total. The van der Waals surface area contributed by atoms with E-state index in [1.807, 2.05) is 0 Å². The first-order chi connectivity index (χ1) is 22.9. The van der Waals surface area contributed by atoms with Gasteiger partial charge in [-0.15, -0.1) is 0 Å². The number of methoxy groups -OCH3 is 4. The molecule has 1 fully saturated rings. The van der Waals surface area contributed by atoms with Crippen LogP contribution in [0.1, 0.15) is 11.1 Å². The molecule has 0 saturated carbocycles. The number of aromatic hydroxyl groups is 4. The van der Waals surface area contributed by atoms with Crippen molar-refractivity contribution in [1.29, 1.82) is 0 Å². The Bertz CT molecular complexity index is 1790. The Morgan fingerprint density at radius 3 is 1.83 bits per heavy atom. The van der Waals surface area contributed by atoms with Crippen molar-refractivity contribution in [3.63, 3.8) is 0 Å². The lowest BCUT2D eigenvalue weighted by molar-refractivity contribution is -0.277. The normalized spacial score (nSPS) is 21.0. The van der Waals surface area contributed by atoms with Gasteiger partial charge >= 0.3 is 11.3 Å². The second-order valence-corrected chi connectivity index (χ2v) is 10.7. The number of ether oxygens (including phenoxy) is 6. The topological polar surface area (TPSA) is 229 Å². The summed E-state index contributed by atoms with van der Waals surface area (Å²) in [6.07, 6.45) is -5.33. The van der Waals surface area contributed by atoms with Crippen molar-refractivity contribution in [2.75, 3.05) is 35.0 Å². The van der Waals surface area contributed by atoms with Crippen molar-refractivity contribution in [3.8, 4) is 63.1 Å². The largest absolute Gasteiger partial charge is 0.507 e. The van der Waals surface area contributed by atoms with Gasteiger partial charge in [-0.05, 0) is 23.8 Å². The maximum Gasteiger partial charge on any atom is 0.403 e. The van der Waals surface area contributed by atoms with Crippen molar-refractivity contribution in [2.45, 2.75) is 30.7 Å². The van der Waals surface area contributed by atoms with E-state index in [4.69, 9.17) is 32.8 Å². The first-order valence-electron chi connectivity index (χ1n) is 14.4. The molecule has 0 bridgehead atoms. The minimum atomic E-state index is -1.84. The van der Waals surface area contributed by atoms with E-state index in [0.717, 1.165) is 6.07 Å². The predicted octanol–water partition coefficient (Wildman–Crippen LogP) is 2.59. The number of hydrogen-bond donors (Lipinski definition) is 8. The van der Waals surface area contributed by atoms with Gasteiger partial charge in [0.15, 0.2) is 23.0 Å². The number of rotatable bonds is 10. The number of benzene rings is 3. The molecule has 3 aromatic carbocycles. The van der Waals surface area contributed by atoms with Gasteiger partial charge < -0.3 is 69.3 Å². The van der Waals surface area contributed by atoms with Crippen LogP contribution in [0.25, 0.3) is 34.4 Å².